The van der Waals surface area contributed by atoms with Crippen LogP contribution in [-0.4, -0.2) is 34.6 Å². The van der Waals surface area contributed by atoms with Crippen molar-refractivity contribution < 1.29 is 28.8 Å². The minimum Gasteiger partial charge on any atom is -0.481 e. The summed E-state index contributed by atoms with van der Waals surface area (Å²) in [4.78, 5) is 34.4. The van der Waals surface area contributed by atoms with Gasteiger partial charge in [-0.2, -0.15) is 0 Å². The molecule has 116 valence electrons. The monoisotopic (exact) mass is 297 g/mol. The number of esters is 1. The Bertz CT molecular complexity index is 507. The third-order valence-electron chi connectivity index (χ3n) is 2.92. The van der Waals surface area contributed by atoms with Gasteiger partial charge in [0.05, 0.1) is 6.61 Å². The highest BCUT2D eigenvalue weighted by molar-refractivity contribution is 6.07. The van der Waals surface area contributed by atoms with Crippen molar-refractivity contribution in [1.82, 2.24) is 5.16 Å². The Hall–Kier alpha value is -2.18. The molecule has 0 spiro atoms. The summed E-state index contributed by atoms with van der Waals surface area (Å²) in [6, 6.07) is 1.41. The number of carbonyl (C=O) groups excluding carboxylic acids is 2. The maximum absolute atomic E-state index is 12.0. The first-order chi connectivity index (χ1) is 9.95. The van der Waals surface area contributed by atoms with Crippen LogP contribution in [0.3, 0.4) is 0 Å². The minimum atomic E-state index is -1.20. The molecular weight excluding hydrogens is 278 g/mol. The Morgan fingerprint density at radius 2 is 2.10 bits per heavy atom. The molecule has 1 aromatic heterocycles. The van der Waals surface area contributed by atoms with E-state index in [0.29, 0.717) is 25.2 Å². The minimum absolute atomic E-state index is 0.0188. The van der Waals surface area contributed by atoms with E-state index in [1.54, 1.807) is 13.8 Å². The average Bonchev–Trinajstić information content (AvgIpc) is 2.84. The number of aromatic nitrogens is 1. The van der Waals surface area contributed by atoms with Crippen molar-refractivity contribution in [3.8, 4) is 0 Å². The number of carboxylic acid groups (broad SMARTS) is 1. The molecule has 0 saturated carbocycles. The van der Waals surface area contributed by atoms with E-state index in [9.17, 15) is 14.4 Å². The lowest BCUT2D eigenvalue weighted by Crippen LogP contribution is -2.24. The smallest absolute Gasteiger partial charge is 0.314 e. The van der Waals surface area contributed by atoms with E-state index in [1.807, 2.05) is 0 Å². The molecule has 1 heterocycles. The molecule has 0 saturated heterocycles. The number of unbranched alkanes of at least 4 members (excludes halogenated alkanes) is 1. The van der Waals surface area contributed by atoms with Crippen molar-refractivity contribution in [2.24, 2.45) is 5.92 Å². The maximum Gasteiger partial charge on any atom is 0.314 e. The summed E-state index contributed by atoms with van der Waals surface area (Å²) in [6.07, 6.45) is 1.29. The van der Waals surface area contributed by atoms with Gasteiger partial charge in [0.1, 0.15) is 11.7 Å². The summed E-state index contributed by atoms with van der Waals surface area (Å²) >= 11 is 0. The maximum atomic E-state index is 12.0. The predicted molar refractivity (Wildman–Crippen MR) is 71.8 cm³/mol. The molecule has 7 heteroatoms. The van der Waals surface area contributed by atoms with Gasteiger partial charge in [-0.1, -0.05) is 11.6 Å². The number of ketones is 1. The first kappa shape index (κ1) is 16.9. The molecule has 1 unspecified atom stereocenters. The molecule has 21 heavy (non-hydrogen) atoms. The van der Waals surface area contributed by atoms with Gasteiger partial charge >= 0.3 is 11.9 Å². The van der Waals surface area contributed by atoms with Crippen LogP contribution in [0.5, 0.6) is 0 Å². The first-order valence-corrected chi connectivity index (χ1v) is 6.81. The summed E-state index contributed by atoms with van der Waals surface area (Å²) in [5.41, 5.74) is 0.0188. The quantitative estimate of drug-likeness (QED) is 0.321. The number of aryl methyl sites for hydroxylation is 1. The Balaban J connectivity index is 2.49. The number of carbonyl (C=O) groups is 3. The molecule has 0 amide bonds. The van der Waals surface area contributed by atoms with Crippen molar-refractivity contribution >= 4 is 17.7 Å². The molecular formula is C14H19NO6. The van der Waals surface area contributed by atoms with Gasteiger partial charge in [0.25, 0.3) is 0 Å². The van der Waals surface area contributed by atoms with Crippen LogP contribution in [0.2, 0.25) is 0 Å². The van der Waals surface area contributed by atoms with Crippen molar-refractivity contribution in [3.05, 3.63) is 17.5 Å². The summed E-state index contributed by atoms with van der Waals surface area (Å²) in [6.45, 7) is 3.66. The summed E-state index contributed by atoms with van der Waals surface area (Å²) in [7, 11) is 0. The normalized spacial score (nSPS) is 11.9. The number of hydrogen-bond acceptors (Lipinski definition) is 6. The molecule has 0 fully saturated rings. The molecule has 1 atom stereocenters. The summed E-state index contributed by atoms with van der Waals surface area (Å²) in [5.74, 6) is -2.81. The second-order valence-electron chi connectivity index (χ2n) is 4.63. The zero-order chi connectivity index (χ0) is 15.8. The lowest BCUT2D eigenvalue weighted by Gasteiger charge is -2.09. The number of rotatable bonds is 9. The second kappa shape index (κ2) is 8.18. The Labute approximate surface area is 122 Å². The Morgan fingerprint density at radius 1 is 1.38 bits per heavy atom. The van der Waals surface area contributed by atoms with Gasteiger partial charge in [-0.3, -0.25) is 14.4 Å². The van der Waals surface area contributed by atoms with Crippen LogP contribution in [0.25, 0.3) is 0 Å². The number of aliphatic carboxylic acids is 1. The van der Waals surface area contributed by atoms with Crippen LogP contribution in [0.4, 0.5) is 0 Å². The van der Waals surface area contributed by atoms with Gasteiger partial charge in [0.15, 0.2) is 11.5 Å². The average molecular weight is 297 g/mol. The van der Waals surface area contributed by atoms with Gasteiger partial charge in [0.2, 0.25) is 0 Å². The fraction of sp³-hybridized carbons (Fsp3) is 0.571. The van der Waals surface area contributed by atoms with Crippen molar-refractivity contribution in [2.45, 2.75) is 39.5 Å². The standard InChI is InChI=1S/C14H19NO6/c1-3-20-12(16)7-5-4-6-10(14(18)19)13(17)11-8-9(2)21-15-11/h8,10H,3-7H2,1-2H3,(H,18,19). The first-order valence-electron chi connectivity index (χ1n) is 6.81. The van der Waals surface area contributed by atoms with Gasteiger partial charge in [0, 0.05) is 12.5 Å². The van der Waals surface area contributed by atoms with Gasteiger partial charge < -0.3 is 14.4 Å². The van der Waals surface area contributed by atoms with Crippen molar-refractivity contribution in [2.75, 3.05) is 6.61 Å². The van der Waals surface area contributed by atoms with E-state index in [0.717, 1.165) is 0 Å². The fourth-order valence-corrected chi connectivity index (χ4v) is 1.88. The van der Waals surface area contributed by atoms with E-state index < -0.39 is 17.7 Å². The lowest BCUT2D eigenvalue weighted by atomic mass is 9.95. The molecule has 0 aliphatic carbocycles. The van der Waals surface area contributed by atoms with Gasteiger partial charge in [-0.05, 0) is 26.7 Å². The van der Waals surface area contributed by atoms with Crippen LogP contribution in [0.15, 0.2) is 10.6 Å². The van der Waals surface area contributed by atoms with E-state index >= 15 is 0 Å². The molecule has 1 rings (SSSR count). The SMILES string of the molecule is CCOC(=O)CCCCC(C(=O)O)C(=O)c1cc(C)on1. The van der Waals surface area contributed by atoms with Crippen LogP contribution in [0, 0.1) is 12.8 Å². The summed E-state index contributed by atoms with van der Waals surface area (Å²) < 4.78 is 9.55. The van der Waals surface area contributed by atoms with Crippen LogP contribution in [0.1, 0.15) is 48.9 Å². The molecule has 0 aliphatic heterocycles. The van der Waals surface area contributed by atoms with E-state index in [1.165, 1.54) is 6.07 Å². The molecule has 0 bridgehead atoms. The molecule has 7 nitrogen and oxygen atoms in total. The number of hydrogen-bond donors (Lipinski definition) is 1. The molecule has 0 aliphatic rings. The zero-order valence-corrected chi connectivity index (χ0v) is 12.1. The van der Waals surface area contributed by atoms with Crippen molar-refractivity contribution in [3.63, 3.8) is 0 Å². The highest BCUT2D eigenvalue weighted by atomic mass is 16.5. The predicted octanol–water partition coefficient (Wildman–Crippen LogP) is 1.99. The van der Waals surface area contributed by atoms with E-state index in [4.69, 9.17) is 14.4 Å². The second-order valence-corrected chi connectivity index (χ2v) is 4.63. The van der Waals surface area contributed by atoms with Crippen molar-refractivity contribution in [1.29, 1.82) is 0 Å². The Morgan fingerprint density at radius 3 is 2.62 bits per heavy atom. The van der Waals surface area contributed by atoms with E-state index in [-0.39, 0.29) is 24.5 Å². The van der Waals surface area contributed by atoms with Crippen LogP contribution in [-0.2, 0) is 14.3 Å². The third-order valence-corrected chi connectivity index (χ3v) is 2.92. The highest BCUT2D eigenvalue weighted by Crippen LogP contribution is 2.17. The Kier molecular flexibility index (Phi) is 6.58. The number of ether oxygens (including phenoxy) is 1. The molecule has 0 radical (unpaired) electrons. The zero-order valence-electron chi connectivity index (χ0n) is 12.1. The van der Waals surface area contributed by atoms with Gasteiger partial charge in [-0.15, -0.1) is 0 Å². The largest absolute Gasteiger partial charge is 0.481 e. The topological polar surface area (TPSA) is 107 Å². The van der Waals surface area contributed by atoms with Crippen LogP contribution >= 0.6 is 0 Å². The fourth-order valence-electron chi connectivity index (χ4n) is 1.88. The van der Waals surface area contributed by atoms with E-state index in [2.05, 4.69) is 5.16 Å². The molecule has 1 N–H and O–H groups in total. The third kappa shape index (κ3) is 5.37. The van der Waals surface area contributed by atoms with Gasteiger partial charge in [-0.25, -0.2) is 0 Å². The number of carboxylic acids is 1. The summed E-state index contributed by atoms with van der Waals surface area (Å²) in [5, 5.41) is 12.7. The number of Topliss-reactive ketones (excluding diaryl/α,β-unsaturated/α-hetero) is 1. The van der Waals surface area contributed by atoms with Crippen LogP contribution < -0.4 is 0 Å². The highest BCUT2D eigenvalue weighted by Gasteiger charge is 2.29. The molecule has 0 aromatic carbocycles. The molecule has 1 aromatic rings. The number of nitrogens with zero attached hydrogens (tertiary/aromatic N) is 1. The lowest BCUT2D eigenvalue weighted by molar-refractivity contribution is -0.143.